The topological polar surface area (TPSA) is 29.9 Å². The van der Waals surface area contributed by atoms with Crippen molar-refractivity contribution in [2.75, 3.05) is 13.6 Å². The van der Waals surface area contributed by atoms with Crippen LogP contribution in [0.15, 0.2) is 22.8 Å². The lowest BCUT2D eigenvalue weighted by atomic mass is 10.1. The molecule has 1 N–H and O–H groups in total. The van der Waals surface area contributed by atoms with E-state index in [4.69, 9.17) is 0 Å². The average Bonchev–Trinajstić information content (AvgIpc) is 2.65. The lowest BCUT2D eigenvalue weighted by Gasteiger charge is -2.07. The van der Waals surface area contributed by atoms with Gasteiger partial charge in [-0.1, -0.05) is 0 Å². The van der Waals surface area contributed by atoms with Crippen LogP contribution in [-0.4, -0.2) is 23.1 Å². The molecule has 0 saturated carbocycles. The molecule has 0 aliphatic heterocycles. The van der Waals surface area contributed by atoms with Crippen molar-refractivity contribution in [3.63, 3.8) is 0 Å². The van der Waals surface area contributed by atoms with Crippen LogP contribution in [0.25, 0.3) is 11.3 Å². The summed E-state index contributed by atoms with van der Waals surface area (Å²) in [5, 5.41) is 3.11. The average molecular weight is 326 g/mol. The molecule has 0 aliphatic carbocycles. The third-order valence-electron chi connectivity index (χ3n) is 3.18. The maximum Gasteiger partial charge on any atom is 0.132 e. The van der Waals surface area contributed by atoms with Crippen LogP contribution in [0.1, 0.15) is 11.4 Å². The van der Waals surface area contributed by atoms with Gasteiger partial charge in [-0.25, -0.2) is 9.37 Å². The maximum absolute atomic E-state index is 13.3. The van der Waals surface area contributed by atoms with Gasteiger partial charge in [0.05, 0.1) is 5.69 Å². The van der Waals surface area contributed by atoms with Gasteiger partial charge in [0.1, 0.15) is 16.2 Å². The fraction of sp³-hybridized carbons (Fsp3) is 0.357. The number of hydrogen-bond acceptors (Lipinski definition) is 2. The Labute approximate surface area is 121 Å². The van der Waals surface area contributed by atoms with E-state index in [-0.39, 0.29) is 5.82 Å². The van der Waals surface area contributed by atoms with Crippen molar-refractivity contribution in [3.05, 3.63) is 40.0 Å². The molecule has 2 aromatic rings. The Bertz CT molecular complexity index is 593. The van der Waals surface area contributed by atoms with Crippen LogP contribution >= 0.6 is 15.9 Å². The second kappa shape index (κ2) is 5.84. The highest BCUT2D eigenvalue weighted by Gasteiger charge is 2.14. The van der Waals surface area contributed by atoms with E-state index in [0.29, 0.717) is 5.56 Å². The van der Waals surface area contributed by atoms with Gasteiger partial charge < -0.3 is 9.88 Å². The van der Waals surface area contributed by atoms with E-state index in [1.807, 2.05) is 24.7 Å². The van der Waals surface area contributed by atoms with E-state index in [1.165, 1.54) is 6.07 Å². The van der Waals surface area contributed by atoms with Crippen LogP contribution in [0.4, 0.5) is 4.39 Å². The number of halogens is 2. The number of benzene rings is 1. The van der Waals surface area contributed by atoms with Crippen molar-refractivity contribution in [2.24, 2.45) is 7.05 Å². The molecule has 0 unspecified atom stereocenters. The van der Waals surface area contributed by atoms with Crippen LogP contribution in [0.5, 0.6) is 0 Å². The summed E-state index contributed by atoms with van der Waals surface area (Å²) in [4.78, 5) is 4.52. The zero-order chi connectivity index (χ0) is 14.0. The van der Waals surface area contributed by atoms with Crippen molar-refractivity contribution < 1.29 is 4.39 Å². The zero-order valence-corrected chi connectivity index (χ0v) is 12.9. The Balaban J connectivity index is 2.44. The largest absolute Gasteiger partial charge is 0.330 e. The van der Waals surface area contributed by atoms with Gasteiger partial charge in [0.2, 0.25) is 0 Å². The molecule has 0 saturated heterocycles. The molecule has 0 fully saturated rings. The molecule has 5 heteroatoms. The molecular weight excluding hydrogens is 309 g/mol. The molecule has 0 bridgehead atoms. The maximum atomic E-state index is 13.3. The highest BCUT2D eigenvalue weighted by Crippen LogP contribution is 2.29. The summed E-state index contributed by atoms with van der Waals surface area (Å²) in [7, 11) is 3.90. The molecular formula is C14H17BrFN3. The van der Waals surface area contributed by atoms with E-state index >= 15 is 0 Å². The summed E-state index contributed by atoms with van der Waals surface area (Å²) >= 11 is 3.49. The van der Waals surface area contributed by atoms with E-state index in [1.54, 1.807) is 13.0 Å². The van der Waals surface area contributed by atoms with Gasteiger partial charge in [-0.15, -0.1) is 0 Å². The highest BCUT2D eigenvalue weighted by atomic mass is 79.9. The van der Waals surface area contributed by atoms with Crippen LogP contribution in [-0.2, 0) is 13.5 Å². The molecule has 1 heterocycles. The number of aromatic nitrogens is 2. The van der Waals surface area contributed by atoms with Gasteiger partial charge in [0.25, 0.3) is 0 Å². The van der Waals surface area contributed by atoms with Gasteiger partial charge in [-0.05, 0) is 53.7 Å². The molecule has 0 amide bonds. The molecule has 0 spiro atoms. The van der Waals surface area contributed by atoms with Crippen molar-refractivity contribution in [3.8, 4) is 11.3 Å². The van der Waals surface area contributed by atoms with Crippen LogP contribution in [0.3, 0.4) is 0 Å². The SMILES string of the molecule is CNCCc1nc(Br)c(-c2ccc(F)c(C)c2)n1C. The molecule has 3 nitrogen and oxygen atoms in total. The van der Waals surface area contributed by atoms with E-state index in [9.17, 15) is 4.39 Å². The molecule has 1 aromatic heterocycles. The summed E-state index contributed by atoms with van der Waals surface area (Å²) in [5.74, 6) is 0.815. The van der Waals surface area contributed by atoms with E-state index < -0.39 is 0 Å². The first-order valence-electron chi connectivity index (χ1n) is 6.16. The first kappa shape index (κ1) is 14.2. The number of hydrogen-bond donors (Lipinski definition) is 1. The third kappa shape index (κ3) is 2.87. The number of imidazole rings is 1. The Kier molecular flexibility index (Phi) is 4.37. The Morgan fingerprint density at radius 2 is 2.16 bits per heavy atom. The minimum Gasteiger partial charge on any atom is -0.330 e. The molecule has 0 atom stereocenters. The van der Waals surface area contributed by atoms with Crippen molar-refractivity contribution >= 4 is 15.9 Å². The number of nitrogens with zero attached hydrogens (tertiary/aromatic N) is 2. The molecule has 1 aromatic carbocycles. The highest BCUT2D eigenvalue weighted by molar-refractivity contribution is 9.10. The lowest BCUT2D eigenvalue weighted by molar-refractivity contribution is 0.618. The van der Waals surface area contributed by atoms with Crippen LogP contribution < -0.4 is 5.32 Å². The fourth-order valence-electron chi connectivity index (χ4n) is 2.07. The van der Waals surface area contributed by atoms with Crippen molar-refractivity contribution in [1.82, 2.24) is 14.9 Å². The minimum atomic E-state index is -0.183. The number of rotatable bonds is 4. The normalized spacial score (nSPS) is 11.0. The summed E-state index contributed by atoms with van der Waals surface area (Å²) < 4.78 is 16.2. The second-order valence-electron chi connectivity index (χ2n) is 4.54. The van der Waals surface area contributed by atoms with Crippen LogP contribution in [0.2, 0.25) is 0 Å². The van der Waals surface area contributed by atoms with Crippen LogP contribution in [0, 0.1) is 12.7 Å². The predicted molar refractivity (Wildman–Crippen MR) is 78.7 cm³/mol. The Morgan fingerprint density at radius 3 is 2.79 bits per heavy atom. The monoisotopic (exact) mass is 325 g/mol. The molecule has 2 rings (SSSR count). The van der Waals surface area contributed by atoms with Gasteiger partial charge in [0.15, 0.2) is 0 Å². The first-order valence-corrected chi connectivity index (χ1v) is 6.96. The Morgan fingerprint density at radius 1 is 1.42 bits per heavy atom. The third-order valence-corrected chi connectivity index (χ3v) is 3.73. The van der Waals surface area contributed by atoms with Gasteiger partial charge >= 0.3 is 0 Å². The van der Waals surface area contributed by atoms with Gasteiger partial charge in [-0.3, -0.25) is 0 Å². The van der Waals surface area contributed by atoms with Crippen molar-refractivity contribution in [1.29, 1.82) is 0 Å². The van der Waals surface area contributed by atoms with Gasteiger partial charge in [0, 0.05) is 25.6 Å². The molecule has 0 radical (unpaired) electrons. The summed E-state index contributed by atoms with van der Waals surface area (Å²) in [6.07, 6.45) is 0.853. The molecule has 0 aliphatic rings. The summed E-state index contributed by atoms with van der Waals surface area (Å²) in [6.45, 7) is 2.64. The van der Waals surface area contributed by atoms with Crippen molar-refractivity contribution in [2.45, 2.75) is 13.3 Å². The number of nitrogens with one attached hydrogen (secondary N) is 1. The molecule has 102 valence electrons. The fourth-order valence-corrected chi connectivity index (χ4v) is 2.77. The summed E-state index contributed by atoms with van der Waals surface area (Å²) in [5.41, 5.74) is 2.59. The zero-order valence-electron chi connectivity index (χ0n) is 11.3. The smallest absolute Gasteiger partial charge is 0.132 e. The lowest BCUT2D eigenvalue weighted by Crippen LogP contribution is -2.13. The second-order valence-corrected chi connectivity index (χ2v) is 5.30. The summed E-state index contributed by atoms with van der Waals surface area (Å²) in [6, 6.07) is 5.13. The standard InChI is InChI=1S/C14H17BrFN3/c1-9-8-10(4-5-11(9)16)13-14(15)18-12(19(13)3)6-7-17-2/h4-5,8,17H,6-7H2,1-3H3. The Hall–Kier alpha value is -1.20. The number of likely N-dealkylation sites (N-methyl/N-ethyl adjacent to an activating group) is 1. The first-order chi connectivity index (χ1) is 9.04. The molecule has 19 heavy (non-hydrogen) atoms. The van der Waals surface area contributed by atoms with E-state index in [2.05, 4.69) is 26.2 Å². The predicted octanol–water partition coefficient (Wildman–Crippen LogP) is 3.06. The van der Waals surface area contributed by atoms with Gasteiger partial charge in [-0.2, -0.15) is 0 Å². The van der Waals surface area contributed by atoms with E-state index in [0.717, 1.165) is 34.7 Å². The quantitative estimate of drug-likeness (QED) is 0.936. The number of aryl methyl sites for hydroxylation is 1. The minimum absolute atomic E-state index is 0.183.